The summed E-state index contributed by atoms with van der Waals surface area (Å²) in [6.07, 6.45) is 3.45. The number of rotatable bonds is 2. The predicted octanol–water partition coefficient (Wildman–Crippen LogP) is 0.492. The lowest BCUT2D eigenvalue weighted by Gasteiger charge is -2.32. The highest BCUT2D eigenvalue weighted by Gasteiger charge is 2.49. The maximum atomic E-state index is 11.9. The lowest BCUT2D eigenvalue weighted by Crippen LogP contribution is -2.56. The standard InChI is InChI=1S/C10H12N2O3/c13-8-5-9(14)12(7-3-4-7)10(15)11(8)6-1-2-6/h6-7H,1-5H2. The van der Waals surface area contributed by atoms with Crippen LogP contribution in [0, 0.1) is 0 Å². The van der Waals surface area contributed by atoms with Crippen molar-refractivity contribution in [2.45, 2.75) is 44.2 Å². The number of hydrogen-bond donors (Lipinski definition) is 0. The summed E-state index contributed by atoms with van der Waals surface area (Å²) in [6.45, 7) is 0. The van der Waals surface area contributed by atoms with Crippen LogP contribution in [0.5, 0.6) is 0 Å². The lowest BCUT2D eigenvalue weighted by molar-refractivity contribution is -0.143. The minimum absolute atomic E-state index is 0.0688. The van der Waals surface area contributed by atoms with Crippen molar-refractivity contribution in [1.29, 1.82) is 0 Å². The molecule has 4 amide bonds. The Labute approximate surface area is 87.0 Å². The van der Waals surface area contributed by atoms with Crippen LogP contribution in [0.2, 0.25) is 0 Å². The molecule has 80 valence electrons. The van der Waals surface area contributed by atoms with Gasteiger partial charge < -0.3 is 0 Å². The van der Waals surface area contributed by atoms with E-state index in [-0.39, 0.29) is 36.3 Å². The number of nitrogens with zero attached hydrogens (tertiary/aromatic N) is 2. The maximum absolute atomic E-state index is 11.9. The van der Waals surface area contributed by atoms with Crippen molar-refractivity contribution in [3.63, 3.8) is 0 Å². The van der Waals surface area contributed by atoms with E-state index in [1.165, 1.54) is 9.80 Å². The van der Waals surface area contributed by atoms with Crippen molar-refractivity contribution in [2.75, 3.05) is 0 Å². The Morgan fingerprint density at radius 2 is 1.20 bits per heavy atom. The molecule has 0 aromatic rings. The molecule has 3 aliphatic rings. The van der Waals surface area contributed by atoms with Gasteiger partial charge in [0.1, 0.15) is 6.42 Å². The van der Waals surface area contributed by atoms with Gasteiger partial charge in [-0.2, -0.15) is 0 Å². The Bertz CT molecular complexity index is 326. The van der Waals surface area contributed by atoms with E-state index in [0.29, 0.717) is 0 Å². The Kier molecular flexibility index (Phi) is 1.66. The molecule has 0 N–H and O–H groups in total. The molecular formula is C10H12N2O3. The number of barbiturate groups is 1. The van der Waals surface area contributed by atoms with Crippen LogP contribution in [-0.2, 0) is 9.59 Å². The molecule has 2 aliphatic carbocycles. The second-order valence-electron chi connectivity index (χ2n) is 4.45. The van der Waals surface area contributed by atoms with Crippen LogP contribution in [0.25, 0.3) is 0 Å². The third-order valence-electron chi connectivity index (χ3n) is 3.08. The van der Waals surface area contributed by atoms with Gasteiger partial charge in [0.15, 0.2) is 0 Å². The van der Waals surface area contributed by atoms with Crippen LogP contribution < -0.4 is 0 Å². The average Bonchev–Trinajstić information content (AvgIpc) is 2.97. The van der Waals surface area contributed by atoms with Crippen molar-refractivity contribution in [3.05, 3.63) is 0 Å². The largest absolute Gasteiger partial charge is 0.333 e. The van der Waals surface area contributed by atoms with Crippen LogP contribution >= 0.6 is 0 Å². The number of amides is 4. The zero-order chi connectivity index (χ0) is 10.6. The van der Waals surface area contributed by atoms with E-state index in [1.54, 1.807) is 0 Å². The zero-order valence-corrected chi connectivity index (χ0v) is 8.31. The van der Waals surface area contributed by atoms with Crippen LogP contribution in [0.15, 0.2) is 0 Å². The van der Waals surface area contributed by atoms with Crippen LogP contribution in [0.3, 0.4) is 0 Å². The molecule has 0 unspecified atom stereocenters. The molecule has 1 heterocycles. The van der Waals surface area contributed by atoms with E-state index in [1.807, 2.05) is 0 Å². The second kappa shape index (κ2) is 2.81. The quantitative estimate of drug-likeness (QED) is 0.620. The van der Waals surface area contributed by atoms with Gasteiger partial charge in [0.2, 0.25) is 11.8 Å². The first-order chi connectivity index (χ1) is 7.18. The Balaban J connectivity index is 1.86. The number of carbonyl (C=O) groups excluding carboxylic acids is 3. The van der Waals surface area contributed by atoms with Crippen LogP contribution in [0.4, 0.5) is 4.79 Å². The molecule has 5 nitrogen and oxygen atoms in total. The molecule has 3 fully saturated rings. The monoisotopic (exact) mass is 208 g/mol. The summed E-state index contributed by atoms with van der Waals surface area (Å²) in [7, 11) is 0. The molecule has 0 atom stereocenters. The summed E-state index contributed by atoms with van der Waals surface area (Å²) in [5.74, 6) is -0.631. The van der Waals surface area contributed by atoms with Gasteiger partial charge in [-0.1, -0.05) is 0 Å². The highest BCUT2D eigenvalue weighted by Crippen LogP contribution is 2.35. The van der Waals surface area contributed by atoms with Gasteiger partial charge >= 0.3 is 6.03 Å². The summed E-state index contributed by atoms with van der Waals surface area (Å²) in [6, 6.07) is -0.236. The van der Waals surface area contributed by atoms with Crippen molar-refractivity contribution in [3.8, 4) is 0 Å². The first-order valence-electron chi connectivity index (χ1n) is 5.36. The van der Waals surface area contributed by atoms with Crippen LogP contribution in [-0.4, -0.2) is 39.7 Å². The van der Waals surface area contributed by atoms with E-state index in [0.717, 1.165) is 25.7 Å². The molecule has 1 aliphatic heterocycles. The number of hydrogen-bond acceptors (Lipinski definition) is 3. The minimum atomic E-state index is -0.374. The fourth-order valence-electron chi connectivity index (χ4n) is 2.01. The van der Waals surface area contributed by atoms with Crippen molar-refractivity contribution >= 4 is 17.8 Å². The molecule has 0 radical (unpaired) electrons. The number of carbonyl (C=O) groups is 3. The van der Waals surface area contributed by atoms with Gasteiger partial charge in [0, 0.05) is 12.1 Å². The van der Waals surface area contributed by atoms with E-state index < -0.39 is 0 Å². The second-order valence-corrected chi connectivity index (χ2v) is 4.45. The summed E-state index contributed by atoms with van der Waals surface area (Å²) >= 11 is 0. The van der Waals surface area contributed by atoms with E-state index >= 15 is 0 Å². The highest BCUT2D eigenvalue weighted by atomic mass is 16.2. The Morgan fingerprint density at radius 1 is 0.800 bits per heavy atom. The molecule has 0 spiro atoms. The third-order valence-corrected chi connectivity index (χ3v) is 3.08. The lowest BCUT2D eigenvalue weighted by atomic mass is 10.2. The molecule has 0 aromatic heterocycles. The van der Waals surface area contributed by atoms with Crippen molar-refractivity contribution < 1.29 is 14.4 Å². The molecule has 0 bridgehead atoms. The van der Waals surface area contributed by atoms with E-state index in [9.17, 15) is 14.4 Å². The highest BCUT2D eigenvalue weighted by molar-refractivity contribution is 6.14. The van der Waals surface area contributed by atoms with Gasteiger partial charge in [0.25, 0.3) is 0 Å². The number of urea groups is 1. The summed E-state index contributed by atoms with van der Waals surface area (Å²) < 4.78 is 0. The molecule has 0 aromatic carbocycles. The van der Waals surface area contributed by atoms with Gasteiger partial charge in [-0.3, -0.25) is 19.4 Å². The summed E-state index contributed by atoms with van der Waals surface area (Å²) in [5.41, 5.74) is 0. The van der Waals surface area contributed by atoms with E-state index in [2.05, 4.69) is 0 Å². The Morgan fingerprint density at radius 3 is 1.53 bits per heavy atom. The van der Waals surface area contributed by atoms with Gasteiger partial charge in [0.05, 0.1) is 0 Å². The SMILES string of the molecule is O=C1CC(=O)N(C2CC2)C(=O)N1C1CC1. The van der Waals surface area contributed by atoms with Gasteiger partial charge in [-0.05, 0) is 25.7 Å². The molecule has 5 heteroatoms. The maximum Gasteiger partial charge on any atom is 0.333 e. The molecule has 1 saturated heterocycles. The molecule has 2 saturated carbocycles. The first kappa shape index (κ1) is 8.88. The predicted molar refractivity (Wildman–Crippen MR) is 49.7 cm³/mol. The average molecular weight is 208 g/mol. The molecule has 3 rings (SSSR count). The normalized spacial score (nSPS) is 27.6. The fraction of sp³-hybridized carbons (Fsp3) is 0.700. The molecular weight excluding hydrogens is 196 g/mol. The van der Waals surface area contributed by atoms with Crippen molar-refractivity contribution in [2.24, 2.45) is 0 Å². The summed E-state index contributed by atoms with van der Waals surface area (Å²) in [4.78, 5) is 37.6. The Hall–Kier alpha value is -1.39. The first-order valence-corrected chi connectivity index (χ1v) is 5.36. The van der Waals surface area contributed by atoms with Gasteiger partial charge in [-0.15, -0.1) is 0 Å². The minimum Gasteiger partial charge on any atom is -0.274 e. The fourth-order valence-corrected chi connectivity index (χ4v) is 2.01. The summed E-state index contributed by atoms with van der Waals surface area (Å²) in [5, 5.41) is 0. The number of imide groups is 2. The smallest absolute Gasteiger partial charge is 0.274 e. The van der Waals surface area contributed by atoms with Crippen molar-refractivity contribution in [1.82, 2.24) is 9.80 Å². The van der Waals surface area contributed by atoms with Crippen LogP contribution in [0.1, 0.15) is 32.1 Å². The van der Waals surface area contributed by atoms with E-state index in [4.69, 9.17) is 0 Å². The third kappa shape index (κ3) is 1.33. The zero-order valence-electron chi connectivity index (χ0n) is 8.31. The molecule has 15 heavy (non-hydrogen) atoms. The van der Waals surface area contributed by atoms with Gasteiger partial charge in [-0.25, -0.2) is 4.79 Å². The topological polar surface area (TPSA) is 57.7 Å².